The van der Waals surface area contributed by atoms with Crippen molar-refractivity contribution in [2.45, 2.75) is 0 Å². The maximum Gasteiger partial charge on any atom is 0.334 e. The summed E-state index contributed by atoms with van der Waals surface area (Å²) < 4.78 is 17.7. The molecule has 0 aromatic rings. The minimum Gasteiger partial charge on any atom is -0.412 e. The van der Waals surface area contributed by atoms with E-state index < -0.39 is 16.3 Å². The molecule has 16 heavy (non-hydrogen) atoms. The van der Waals surface area contributed by atoms with Gasteiger partial charge in [-0.2, -0.15) is 0 Å². The van der Waals surface area contributed by atoms with Crippen molar-refractivity contribution in [1.82, 2.24) is 0 Å². The van der Waals surface area contributed by atoms with Gasteiger partial charge >= 0.3 is 8.60 Å². The van der Waals surface area contributed by atoms with Crippen LogP contribution in [0.15, 0.2) is 0 Å². The van der Waals surface area contributed by atoms with Crippen LogP contribution < -0.4 is 0 Å². The fourth-order valence-corrected chi connectivity index (χ4v) is 0.816. The quantitative estimate of drug-likeness (QED) is 0.364. The summed E-state index contributed by atoms with van der Waals surface area (Å²) in [7, 11) is -2.36. The molecule has 0 bridgehead atoms. The van der Waals surface area contributed by atoms with Crippen molar-refractivity contribution in [2.75, 3.05) is 13.6 Å². The largest absolute Gasteiger partial charge is 0.412 e. The molecule has 0 unspecified atom stereocenters. The van der Waals surface area contributed by atoms with E-state index in [1.54, 1.807) is 0 Å². The average molecular weight is 449 g/mol. The molecule has 0 aromatic heterocycles. The van der Waals surface area contributed by atoms with Gasteiger partial charge in [-0.3, -0.25) is 18.1 Å². The zero-order valence-electron chi connectivity index (χ0n) is 8.00. The van der Waals surface area contributed by atoms with Gasteiger partial charge < -0.3 is 21.3 Å². The smallest absolute Gasteiger partial charge is 0.334 e. The molecule has 0 aliphatic carbocycles. The molecular formula is C2H11BClO8P2Y2. The van der Waals surface area contributed by atoms with Crippen molar-refractivity contribution in [3.05, 3.63) is 0 Å². The molecule has 2 rings (SSSR count). The summed E-state index contributed by atoms with van der Waals surface area (Å²) in [6, 6.07) is 0. The molecule has 0 saturated carbocycles. The molecule has 14 heteroatoms. The van der Waals surface area contributed by atoms with E-state index in [0.29, 0.717) is 6.79 Å². The Labute approximate surface area is 152 Å². The maximum absolute atomic E-state index is 8.07. The van der Waals surface area contributed by atoms with E-state index in [9.17, 15) is 0 Å². The molecule has 0 aromatic carbocycles. The van der Waals surface area contributed by atoms with Crippen molar-refractivity contribution in [2.24, 2.45) is 0 Å². The Kier molecular flexibility index (Phi) is 52.9. The van der Waals surface area contributed by atoms with Crippen LogP contribution in [0.2, 0.25) is 0 Å². The fourth-order valence-electron chi connectivity index (χ4n) is 0.192. The van der Waals surface area contributed by atoms with E-state index >= 15 is 0 Å². The third-order valence-electron chi connectivity index (χ3n) is 0.635. The van der Waals surface area contributed by atoms with Crippen LogP contribution in [-0.2, 0) is 83.5 Å². The first-order chi connectivity index (χ1) is 4.79. The molecule has 2 saturated heterocycles. The fraction of sp³-hybridized carbons (Fsp3) is 1.00. The van der Waals surface area contributed by atoms with Gasteiger partial charge in [0.05, 0.1) is 0 Å². The molecule has 2 aliphatic rings. The van der Waals surface area contributed by atoms with Crippen molar-refractivity contribution in [1.29, 1.82) is 0 Å². The molecule has 93 valence electrons. The van der Waals surface area contributed by atoms with E-state index in [1.807, 2.05) is 0 Å². The Hall–Kier alpha value is 3.10. The molecule has 8 nitrogen and oxygen atoms in total. The van der Waals surface area contributed by atoms with E-state index in [1.165, 1.54) is 0 Å². The van der Waals surface area contributed by atoms with Crippen LogP contribution in [0.3, 0.4) is 0 Å². The maximum atomic E-state index is 8.07. The first-order valence-corrected chi connectivity index (χ1v) is 5.47. The van der Waals surface area contributed by atoms with E-state index in [4.69, 9.17) is 16.1 Å². The molecular weight excluding hydrogens is 438 g/mol. The predicted octanol–water partition coefficient (Wildman–Crippen LogP) is -1.19. The van der Waals surface area contributed by atoms with Gasteiger partial charge in [0.25, 0.3) is 7.73 Å². The van der Waals surface area contributed by atoms with Gasteiger partial charge in [0.1, 0.15) is 0 Å². The first kappa shape index (κ1) is 36.5. The third-order valence-corrected chi connectivity index (χ3v) is 2.49. The molecule has 5 radical (unpaired) electrons. The first-order valence-electron chi connectivity index (χ1n) is 2.25. The number of halogens is 1. The number of hydrogen-bond donors (Lipinski definition) is 1. The SMILES string of the molecule is ClP1OCO1.O.O.O.OP1OCO1.[B].[Y].[Y]. The standard InChI is InChI=1S/CH2ClO2P.CH3O3P.B.3H2O.2Y/c2*2-5-3-1-4-5;;;;;;/h1H2;2H,1H2;;3*1H2;;. The summed E-state index contributed by atoms with van der Waals surface area (Å²) in [5.41, 5.74) is 0. The Bertz CT molecular complexity index is 100. The van der Waals surface area contributed by atoms with Crippen molar-refractivity contribution < 1.29 is 105 Å². The summed E-state index contributed by atoms with van der Waals surface area (Å²) in [5, 5.41) is 0. The van der Waals surface area contributed by atoms with Gasteiger partial charge in [-0.1, -0.05) is 0 Å². The second-order valence-corrected chi connectivity index (χ2v) is 3.96. The average Bonchev–Trinajstić information content (AvgIpc) is 1.80. The molecule has 0 atom stereocenters. The minimum absolute atomic E-state index is 0. The number of rotatable bonds is 0. The molecule has 7 N–H and O–H groups in total. The zero-order valence-corrected chi connectivity index (χ0v) is 16.2. The minimum atomic E-state index is -1.42. The number of hydrogen-bond acceptors (Lipinski definition) is 5. The zero-order chi connectivity index (χ0) is 7.40. The summed E-state index contributed by atoms with van der Waals surface area (Å²) in [5.74, 6) is 0. The molecule has 0 amide bonds. The van der Waals surface area contributed by atoms with Crippen LogP contribution in [0.5, 0.6) is 0 Å². The van der Waals surface area contributed by atoms with Crippen LogP contribution in [0.1, 0.15) is 0 Å². The Morgan fingerprint density at radius 1 is 0.875 bits per heavy atom. The van der Waals surface area contributed by atoms with E-state index in [0.717, 1.165) is 0 Å². The van der Waals surface area contributed by atoms with Gasteiger partial charge in [0, 0.05) is 73.8 Å². The van der Waals surface area contributed by atoms with Crippen LogP contribution in [0.4, 0.5) is 0 Å². The Morgan fingerprint density at radius 2 is 1.06 bits per heavy atom. The topological polar surface area (TPSA) is 152 Å². The van der Waals surface area contributed by atoms with Crippen molar-refractivity contribution >= 4 is 36.0 Å². The third kappa shape index (κ3) is 19.4. The van der Waals surface area contributed by atoms with Gasteiger partial charge in [0.15, 0.2) is 13.6 Å². The summed E-state index contributed by atoms with van der Waals surface area (Å²) >= 11 is 5.17. The van der Waals surface area contributed by atoms with Gasteiger partial charge in [-0.15, -0.1) is 0 Å². The Balaban J connectivity index is -0.0000000227. The van der Waals surface area contributed by atoms with Crippen LogP contribution in [0, 0.1) is 0 Å². The second kappa shape index (κ2) is 23.2. The van der Waals surface area contributed by atoms with Crippen LogP contribution in [-0.4, -0.2) is 43.3 Å². The van der Waals surface area contributed by atoms with Gasteiger partial charge in [-0.05, 0) is 11.2 Å². The van der Waals surface area contributed by atoms with Crippen LogP contribution in [0.25, 0.3) is 0 Å². The predicted molar refractivity (Wildman–Crippen MR) is 52.6 cm³/mol. The van der Waals surface area contributed by atoms with E-state index in [2.05, 4.69) is 18.1 Å². The molecule has 0 spiro atoms. The molecule has 2 heterocycles. The summed E-state index contributed by atoms with van der Waals surface area (Å²) in [4.78, 5) is 8.07. The molecule has 2 fully saturated rings. The van der Waals surface area contributed by atoms with Gasteiger partial charge in [-0.25, -0.2) is 0 Å². The second-order valence-electron chi connectivity index (χ2n) is 1.20. The van der Waals surface area contributed by atoms with Crippen molar-refractivity contribution in [3.63, 3.8) is 0 Å². The Morgan fingerprint density at radius 3 is 1.06 bits per heavy atom. The van der Waals surface area contributed by atoms with Gasteiger partial charge in [0.2, 0.25) is 0 Å². The summed E-state index contributed by atoms with van der Waals surface area (Å²) in [6.07, 6.45) is 0. The van der Waals surface area contributed by atoms with Crippen molar-refractivity contribution in [3.8, 4) is 0 Å². The summed E-state index contributed by atoms with van der Waals surface area (Å²) in [6.45, 7) is 0.650. The molecule has 2 aliphatic heterocycles. The van der Waals surface area contributed by atoms with Crippen LogP contribution >= 0.6 is 27.6 Å². The van der Waals surface area contributed by atoms with E-state index in [-0.39, 0.29) is 97.1 Å². The normalized spacial score (nSPS) is 16.1. The monoisotopic (exact) mass is 449 g/mol.